The van der Waals surface area contributed by atoms with Crippen molar-refractivity contribution in [3.63, 3.8) is 0 Å². The number of nitrogen functional groups attached to an aromatic ring is 1. The molecule has 0 spiro atoms. The Hall–Kier alpha value is -1.82. The first-order valence-corrected chi connectivity index (χ1v) is 7.05. The van der Waals surface area contributed by atoms with Crippen molar-refractivity contribution in [2.75, 3.05) is 11.5 Å². The maximum atomic E-state index is 10.7. The van der Waals surface area contributed by atoms with Gasteiger partial charge in [-0.25, -0.2) is 9.97 Å². The molecule has 2 aromatic rings. The van der Waals surface area contributed by atoms with Crippen LogP contribution in [0.1, 0.15) is 12.7 Å². The van der Waals surface area contributed by atoms with Crippen LogP contribution in [-0.2, 0) is 10.5 Å². The van der Waals surface area contributed by atoms with E-state index in [1.54, 1.807) is 6.92 Å². The summed E-state index contributed by atoms with van der Waals surface area (Å²) in [5.74, 6) is 1.04. The van der Waals surface area contributed by atoms with E-state index in [0.717, 1.165) is 10.9 Å². The van der Waals surface area contributed by atoms with Gasteiger partial charge in [-0.05, 0) is 12.1 Å². The number of aromatic nitrogens is 2. The highest BCUT2D eigenvalue weighted by molar-refractivity contribution is 7.98. The fourth-order valence-electron chi connectivity index (χ4n) is 1.61. The van der Waals surface area contributed by atoms with Crippen molar-refractivity contribution in [2.24, 2.45) is 5.92 Å². The summed E-state index contributed by atoms with van der Waals surface area (Å²) in [7, 11) is 0. The Morgan fingerprint density at radius 3 is 2.89 bits per heavy atom. The highest BCUT2D eigenvalue weighted by Crippen LogP contribution is 2.20. The zero-order chi connectivity index (χ0) is 13.8. The van der Waals surface area contributed by atoms with Gasteiger partial charge in [0.25, 0.3) is 0 Å². The van der Waals surface area contributed by atoms with Gasteiger partial charge in [0.15, 0.2) is 0 Å². The molecule has 5 nitrogen and oxygen atoms in total. The Kier molecular flexibility index (Phi) is 4.21. The van der Waals surface area contributed by atoms with E-state index in [4.69, 9.17) is 10.8 Å². The highest BCUT2D eigenvalue weighted by atomic mass is 32.2. The third kappa shape index (κ3) is 3.35. The summed E-state index contributed by atoms with van der Waals surface area (Å²) in [6, 6.07) is 7.57. The molecule has 1 heterocycles. The molecule has 0 aliphatic heterocycles. The summed E-state index contributed by atoms with van der Waals surface area (Å²) >= 11 is 1.50. The van der Waals surface area contributed by atoms with E-state index in [0.29, 0.717) is 23.1 Å². The molecule has 19 heavy (non-hydrogen) atoms. The molecule has 1 aromatic heterocycles. The van der Waals surface area contributed by atoms with Gasteiger partial charge in [-0.1, -0.05) is 19.1 Å². The summed E-state index contributed by atoms with van der Waals surface area (Å²) in [6.07, 6.45) is 0. The molecule has 1 aromatic carbocycles. The van der Waals surface area contributed by atoms with Gasteiger partial charge in [0.05, 0.1) is 17.2 Å². The van der Waals surface area contributed by atoms with E-state index in [9.17, 15) is 4.79 Å². The largest absolute Gasteiger partial charge is 0.481 e. The summed E-state index contributed by atoms with van der Waals surface area (Å²) in [4.78, 5) is 19.4. The average Bonchev–Trinajstić information content (AvgIpc) is 2.38. The molecule has 1 atom stereocenters. The van der Waals surface area contributed by atoms with E-state index < -0.39 is 5.97 Å². The van der Waals surface area contributed by atoms with Gasteiger partial charge in [-0.2, -0.15) is 11.8 Å². The lowest BCUT2D eigenvalue weighted by Gasteiger charge is -2.07. The second-order valence-electron chi connectivity index (χ2n) is 4.30. The summed E-state index contributed by atoms with van der Waals surface area (Å²) in [5, 5.41) is 9.64. The first-order valence-electron chi connectivity index (χ1n) is 5.89. The summed E-state index contributed by atoms with van der Waals surface area (Å²) in [6.45, 7) is 1.69. The van der Waals surface area contributed by atoms with Gasteiger partial charge in [0, 0.05) is 11.1 Å². The van der Waals surface area contributed by atoms with Gasteiger partial charge >= 0.3 is 5.97 Å². The third-order valence-electron chi connectivity index (χ3n) is 2.70. The monoisotopic (exact) mass is 277 g/mol. The molecule has 3 N–H and O–H groups in total. The van der Waals surface area contributed by atoms with E-state index in [2.05, 4.69) is 9.97 Å². The Labute approximate surface area is 115 Å². The predicted octanol–water partition coefficient (Wildman–Crippen LogP) is 2.17. The van der Waals surface area contributed by atoms with Crippen LogP contribution in [0.5, 0.6) is 0 Å². The lowest BCUT2D eigenvalue weighted by Crippen LogP contribution is -2.12. The van der Waals surface area contributed by atoms with Crippen molar-refractivity contribution in [2.45, 2.75) is 12.7 Å². The van der Waals surface area contributed by atoms with Crippen LogP contribution in [0.2, 0.25) is 0 Å². The molecule has 6 heteroatoms. The summed E-state index contributed by atoms with van der Waals surface area (Å²) in [5.41, 5.74) is 6.70. The van der Waals surface area contributed by atoms with Gasteiger partial charge in [0.2, 0.25) is 0 Å². The number of benzene rings is 1. The van der Waals surface area contributed by atoms with Crippen molar-refractivity contribution in [3.8, 4) is 0 Å². The molecular formula is C13H15N3O2S. The number of carbonyl (C=O) groups is 1. The second kappa shape index (κ2) is 5.88. The van der Waals surface area contributed by atoms with Gasteiger partial charge in [0.1, 0.15) is 11.6 Å². The Morgan fingerprint density at radius 1 is 1.42 bits per heavy atom. The summed E-state index contributed by atoms with van der Waals surface area (Å²) < 4.78 is 0. The van der Waals surface area contributed by atoms with Crippen molar-refractivity contribution < 1.29 is 9.90 Å². The SMILES string of the molecule is CC(CSCc1nc(N)c2ccccc2n1)C(=O)O. The maximum Gasteiger partial charge on any atom is 0.307 e. The zero-order valence-corrected chi connectivity index (χ0v) is 11.4. The standard InChI is InChI=1S/C13H15N3O2S/c1-8(13(17)18)6-19-7-11-15-10-5-3-2-4-9(10)12(14)16-11/h2-5,8H,6-7H2,1H3,(H,17,18)(H2,14,15,16). The number of hydrogen-bond donors (Lipinski definition) is 2. The molecule has 0 bridgehead atoms. The normalized spacial score (nSPS) is 12.5. The molecule has 0 saturated heterocycles. The molecule has 0 radical (unpaired) electrons. The molecule has 1 unspecified atom stereocenters. The van der Waals surface area contributed by atoms with Crippen molar-refractivity contribution in [1.82, 2.24) is 9.97 Å². The van der Waals surface area contributed by atoms with Crippen LogP contribution in [0.25, 0.3) is 10.9 Å². The fraction of sp³-hybridized carbons (Fsp3) is 0.308. The molecule has 0 amide bonds. The number of rotatable bonds is 5. The van der Waals surface area contributed by atoms with Crippen LogP contribution < -0.4 is 5.73 Å². The number of fused-ring (bicyclic) bond motifs is 1. The molecular weight excluding hydrogens is 262 g/mol. The van der Waals surface area contributed by atoms with Crippen molar-refractivity contribution in [3.05, 3.63) is 30.1 Å². The number of aliphatic carboxylic acids is 1. The minimum absolute atomic E-state index is 0.372. The van der Waals surface area contributed by atoms with Crippen molar-refractivity contribution >= 4 is 34.5 Å². The minimum atomic E-state index is -0.786. The number of para-hydroxylation sites is 1. The van der Waals surface area contributed by atoms with Crippen LogP contribution in [0.3, 0.4) is 0 Å². The van der Waals surface area contributed by atoms with E-state index in [1.165, 1.54) is 11.8 Å². The van der Waals surface area contributed by atoms with E-state index in [-0.39, 0.29) is 5.92 Å². The number of nitrogens with two attached hydrogens (primary N) is 1. The Morgan fingerprint density at radius 2 is 2.16 bits per heavy atom. The van der Waals surface area contributed by atoms with Crippen LogP contribution in [0.4, 0.5) is 5.82 Å². The molecule has 0 saturated carbocycles. The molecule has 0 aliphatic rings. The first-order chi connectivity index (χ1) is 9.08. The van der Waals surface area contributed by atoms with Crippen LogP contribution in [0, 0.1) is 5.92 Å². The lowest BCUT2D eigenvalue weighted by atomic mass is 10.2. The quantitative estimate of drug-likeness (QED) is 0.870. The van der Waals surface area contributed by atoms with Crippen LogP contribution >= 0.6 is 11.8 Å². The third-order valence-corrected chi connectivity index (χ3v) is 3.90. The number of nitrogens with zero attached hydrogens (tertiary/aromatic N) is 2. The van der Waals surface area contributed by atoms with E-state index >= 15 is 0 Å². The number of hydrogen-bond acceptors (Lipinski definition) is 5. The number of carboxylic acids is 1. The fourth-order valence-corrected chi connectivity index (χ4v) is 2.54. The van der Waals surface area contributed by atoms with Crippen molar-refractivity contribution in [1.29, 1.82) is 0 Å². The predicted molar refractivity (Wildman–Crippen MR) is 76.9 cm³/mol. The highest BCUT2D eigenvalue weighted by Gasteiger charge is 2.11. The molecule has 100 valence electrons. The molecule has 0 aliphatic carbocycles. The number of carboxylic acid groups (broad SMARTS) is 1. The van der Waals surface area contributed by atoms with E-state index in [1.807, 2.05) is 24.3 Å². The smallest absolute Gasteiger partial charge is 0.307 e. The zero-order valence-electron chi connectivity index (χ0n) is 10.5. The maximum absolute atomic E-state index is 10.7. The second-order valence-corrected chi connectivity index (χ2v) is 5.33. The Balaban J connectivity index is 2.07. The van der Waals surface area contributed by atoms with Gasteiger partial charge in [-0.15, -0.1) is 0 Å². The Bertz CT molecular complexity index is 603. The minimum Gasteiger partial charge on any atom is -0.481 e. The van der Waals surface area contributed by atoms with Gasteiger partial charge < -0.3 is 10.8 Å². The topological polar surface area (TPSA) is 89.1 Å². The lowest BCUT2D eigenvalue weighted by molar-refractivity contribution is -0.140. The van der Waals surface area contributed by atoms with Crippen LogP contribution in [0.15, 0.2) is 24.3 Å². The molecule has 0 fully saturated rings. The number of anilines is 1. The van der Waals surface area contributed by atoms with Crippen LogP contribution in [-0.4, -0.2) is 26.8 Å². The number of thioether (sulfide) groups is 1. The van der Waals surface area contributed by atoms with Gasteiger partial charge in [-0.3, -0.25) is 4.79 Å². The average molecular weight is 277 g/mol. The first kappa shape index (κ1) is 13.6. The molecule has 2 rings (SSSR count).